The lowest BCUT2D eigenvalue weighted by Gasteiger charge is -2.15. The largest absolute Gasteiger partial charge is 0.463 e. The summed E-state index contributed by atoms with van der Waals surface area (Å²) >= 11 is 7.42. The minimum absolute atomic E-state index is 0.0307. The average molecular weight is 461 g/mol. The number of nitrogens with two attached hydrogens (primary N) is 1. The van der Waals surface area contributed by atoms with Crippen molar-refractivity contribution < 1.29 is 13.9 Å². The summed E-state index contributed by atoms with van der Waals surface area (Å²) in [5, 5.41) is 13.5. The zero-order valence-corrected chi connectivity index (χ0v) is 18.2. The van der Waals surface area contributed by atoms with Crippen molar-refractivity contribution in [2.24, 2.45) is 5.73 Å². The van der Waals surface area contributed by atoms with E-state index in [-0.39, 0.29) is 34.2 Å². The van der Waals surface area contributed by atoms with Crippen LogP contribution < -0.4 is 26.7 Å². The molecule has 3 rings (SSSR count). The number of fused-ring (bicyclic) bond motifs is 1. The van der Waals surface area contributed by atoms with Crippen molar-refractivity contribution in [2.45, 2.75) is 13.0 Å². The van der Waals surface area contributed by atoms with Crippen LogP contribution in [-0.4, -0.2) is 23.6 Å². The number of nitrogens with one attached hydrogen (secondary N) is 3. The van der Waals surface area contributed by atoms with E-state index in [0.29, 0.717) is 16.8 Å². The molecule has 0 aliphatic carbocycles. The summed E-state index contributed by atoms with van der Waals surface area (Å²) < 4.78 is 10.6. The average Bonchev–Trinajstić information content (AvgIpc) is 2.74. The molecule has 1 aromatic heterocycles. The van der Waals surface area contributed by atoms with Crippen molar-refractivity contribution in [3.8, 4) is 5.95 Å². The molecular formula is C21H21ClN4O4S. The molecule has 31 heavy (non-hydrogen) atoms. The molecule has 0 saturated heterocycles. The van der Waals surface area contributed by atoms with E-state index in [1.165, 1.54) is 6.07 Å². The molecular weight excluding hydrogens is 440 g/mol. The summed E-state index contributed by atoms with van der Waals surface area (Å²) in [6, 6.07) is 13.7. The molecule has 3 aromatic rings. The van der Waals surface area contributed by atoms with Crippen LogP contribution in [0.4, 0.5) is 10.5 Å². The Kier molecular flexibility index (Phi) is 7.43. The van der Waals surface area contributed by atoms with Crippen LogP contribution in [0.5, 0.6) is 5.95 Å². The number of thioether (sulfide) groups is 1. The van der Waals surface area contributed by atoms with E-state index in [2.05, 4.69) is 10.6 Å². The summed E-state index contributed by atoms with van der Waals surface area (Å²) in [7, 11) is 0. The molecule has 8 nitrogen and oxygen atoms in total. The van der Waals surface area contributed by atoms with Crippen LogP contribution in [0.2, 0.25) is 5.02 Å². The predicted molar refractivity (Wildman–Crippen MR) is 124 cm³/mol. The van der Waals surface area contributed by atoms with Gasteiger partial charge in [-0.05, 0) is 24.6 Å². The lowest BCUT2D eigenvalue weighted by Crippen LogP contribution is -2.31. The first-order valence-corrected chi connectivity index (χ1v) is 10.7. The lowest BCUT2D eigenvalue weighted by molar-refractivity contribution is 0.248. The Hall–Kier alpha value is -3.17. The zero-order chi connectivity index (χ0) is 22.4. The van der Waals surface area contributed by atoms with Gasteiger partial charge in [-0.25, -0.2) is 9.59 Å². The van der Waals surface area contributed by atoms with E-state index >= 15 is 0 Å². The molecule has 0 radical (unpaired) electrons. The maximum atomic E-state index is 12.4. The molecule has 162 valence electrons. The van der Waals surface area contributed by atoms with Gasteiger partial charge in [0.05, 0.1) is 11.4 Å². The first-order valence-electron chi connectivity index (χ1n) is 9.33. The number of hydrogen-bond acceptors (Lipinski definition) is 6. The van der Waals surface area contributed by atoms with Crippen molar-refractivity contribution in [1.82, 2.24) is 5.32 Å². The highest BCUT2D eigenvalue weighted by Crippen LogP contribution is 2.32. The zero-order valence-electron chi connectivity index (χ0n) is 16.6. The van der Waals surface area contributed by atoms with Crippen LogP contribution in [0.15, 0.2) is 57.7 Å². The molecule has 0 fully saturated rings. The Morgan fingerprint density at radius 2 is 2.00 bits per heavy atom. The van der Waals surface area contributed by atoms with Gasteiger partial charge in [0.2, 0.25) is 0 Å². The fourth-order valence-corrected chi connectivity index (χ4v) is 3.49. The molecule has 1 atom stereocenters. The molecule has 0 unspecified atom stereocenters. The number of urea groups is 1. The number of carbonyl (C=O) groups is 1. The van der Waals surface area contributed by atoms with Gasteiger partial charge in [-0.2, -0.15) is 0 Å². The van der Waals surface area contributed by atoms with Crippen LogP contribution in [0.3, 0.4) is 0 Å². The number of benzene rings is 2. The van der Waals surface area contributed by atoms with Gasteiger partial charge in [0.1, 0.15) is 11.6 Å². The Morgan fingerprint density at radius 3 is 2.71 bits per heavy atom. The maximum Gasteiger partial charge on any atom is 0.346 e. The van der Waals surface area contributed by atoms with Crippen LogP contribution in [0, 0.1) is 5.41 Å². The number of halogens is 1. The van der Waals surface area contributed by atoms with Crippen LogP contribution in [0.1, 0.15) is 18.5 Å². The van der Waals surface area contributed by atoms with Crippen molar-refractivity contribution in [2.75, 3.05) is 17.7 Å². The fraction of sp³-hybridized carbons (Fsp3) is 0.190. The molecule has 0 aliphatic rings. The number of amides is 2. The molecule has 0 saturated carbocycles. The predicted octanol–water partition coefficient (Wildman–Crippen LogP) is 4.33. The molecule has 0 aliphatic heterocycles. The summed E-state index contributed by atoms with van der Waals surface area (Å²) in [5.41, 5.74) is 6.01. The van der Waals surface area contributed by atoms with Crippen molar-refractivity contribution in [3.63, 3.8) is 0 Å². The van der Waals surface area contributed by atoms with Crippen LogP contribution in [0.25, 0.3) is 10.8 Å². The van der Waals surface area contributed by atoms with E-state index in [1.54, 1.807) is 12.1 Å². The van der Waals surface area contributed by atoms with Crippen LogP contribution >= 0.6 is 23.4 Å². The van der Waals surface area contributed by atoms with E-state index in [0.717, 1.165) is 17.3 Å². The summed E-state index contributed by atoms with van der Waals surface area (Å²) in [6.45, 7) is 2.04. The highest BCUT2D eigenvalue weighted by atomic mass is 35.5. The van der Waals surface area contributed by atoms with Gasteiger partial charge in [0, 0.05) is 16.8 Å². The SMILES string of the molecule is C[C@@H](NC(=O)Nc1ccc2c(Cl)c(OCCSC(=N)N)oc(=O)c2c1)c1ccccc1. The molecule has 0 bridgehead atoms. The Morgan fingerprint density at radius 1 is 1.26 bits per heavy atom. The van der Waals surface area contributed by atoms with E-state index in [1.807, 2.05) is 37.3 Å². The third kappa shape index (κ3) is 5.93. The first kappa shape index (κ1) is 22.5. The molecule has 2 amide bonds. The molecule has 1 heterocycles. The van der Waals surface area contributed by atoms with Crippen molar-refractivity contribution in [1.29, 1.82) is 5.41 Å². The van der Waals surface area contributed by atoms with Gasteiger partial charge >= 0.3 is 17.6 Å². The maximum absolute atomic E-state index is 12.4. The summed E-state index contributed by atoms with van der Waals surface area (Å²) in [4.78, 5) is 24.7. The smallest absolute Gasteiger partial charge is 0.346 e. The molecule has 0 spiro atoms. The Bertz CT molecular complexity index is 1150. The number of hydrogen-bond donors (Lipinski definition) is 4. The Balaban J connectivity index is 1.71. The van der Waals surface area contributed by atoms with E-state index in [9.17, 15) is 9.59 Å². The minimum Gasteiger partial charge on any atom is -0.463 e. The third-order valence-electron chi connectivity index (χ3n) is 4.32. The minimum atomic E-state index is -0.643. The topological polar surface area (TPSA) is 130 Å². The quantitative estimate of drug-likeness (QED) is 0.236. The second-order valence-corrected chi connectivity index (χ2v) is 8.06. The van der Waals surface area contributed by atoms with Gasteiger partial charge in [-0.15, -0.1) is 0 Å². The highest BCUT2D eigenvalue weighted by Gasteiger charge is 2.15. The Labute approximate surface area is 187 Å². The van der Waals surface area contributed by atoms with Gasteiger partial charge in [0.25, 0.3) is 0 Å². The van der Waals surface area contributed by atoms with E-state index < -0.39 is 11.7 Å². The summed E-state index contributed by atoms with van der Waals surface area (Å²) in [5.74, 6) is 0.311. The standard InChI is InChI=1S/C21H21ClN4O4S/c1-12(13-5-3-2-4-6-13)25-21(28)26-14-7-8-15-16(11-14)18(27)30-19(17(15)22)29-9-10-31-20(23)24/h2-8,11-12H,9-10H2,1H3,(H3,23,24)(H2,25,26,28)/t12-/m1/s1. The van der Waals surface area contributed by atoms with Crippen molar-refractivity contribution in [3.05, 3.63) is 69.5 Å². The monoisotopic (exact) mass is 460 g/mol. The molecule has 5 N–H and O–H groups in total. The van der Waals surface area contributed by atoms with E-state index in [4.69, 9.17) is 31.9 Å². The number of anilines is 1. The summed E-state index contributed by atoms with van der Waals surface area (Å²) in [6.07, 6.45) is 0. The second kappa shape index (κ2) is 10.2. The highest BCUT2D eigenvalue weighted by molar-refractivity contribution is 8.13. The van der Waals surface area contributed by atoms with Gasteiger partial charge in [-0.3, -0.25) is 5.41 Å². The number of rotatable bonds is 7. The lowest BCUT2D eigenvalue weighted by atomic mass is 10.1. The number of carbonyl (C=O) groups excluding carboxylic acids is 1. The van der Waals surface area contributed by atoms with Gasteiger partial charge in [-0.1, -0.05) is 59.8 Å². The second-order valence-electron chi connectivity index (χ2n) is 6.54. The number of ether oxygens (including phenoxy) is 1. The molecule has 2 aromatic carbocycles. The first-order chi connectivity index (χ1) is 14.8. The normalized spacial score (nSPS) is 11.7. The van der Waals surface area contributed by atoms with Crippen molar-refractivity contribution >= 4 is 51.0 Å². The molecule has 10 heteroatoms. The van der Waals surface area contributed by atoms with Gasteiger partial charge < -0.3 is 25.5 Å². The third-order valence-corrected chi connectivity index (χ3v) is 5.36. The number of amidine groups is 1. The van der Waals surface area contributed by atoms with Gasteiger partial charge in [0.15, 0.2) is 5.17 Å². The fourth-order valence-electron chi connectivity index (χ4n) is 2.84. The van der Waals surface area contributed by atoms with Crippen LogP contribution in [-0.2, 0) is 0 Å².